The van der Waals surface area contributed by atoms with Crippen LogP contribution in [0.4, 0.5) is 10.2 Å². The number of fused-ring (bicyclic) bond motifs is 1. The number of hydrogen-bond acceptors (Lipinski definition) is 12. The van der Waals surface area contributed by atoms with Gasteiger partial charge in [0.15, 0.2) is 17.6 Å². The second-order valence-corrected chi connectivity index (χ2v) is 29.3. The molecule has 0 aromatic carbocycles. The van der Waals surface area contributed by atoms with Crippen LogP contribution in [-0.4, -0.2) is 105 Å². The Morgan fingerprint density at radius 1 is 1.02 bits per heavy atom. The minimum Gasteiger partial charge on any atom is -0.464 e. The first-order chi connectivity index (χ1) is 27.4. The van der Waals surface area contributed by atoms with Gasteiger partial charge in [-0.15, -0.1) is 0 Å². The standard InChI is InChI=1S/C41H63BrFN7O6Si2/c1-10-30(26-49(44)18-19-56-29(3)51)35-17-16-33(24-45-35)34-25-46-50-39(34)47-38(32-14-12-31(13-15-32)37(43)41(52)55-11-2)36(42)40(50)48(27-53-20-22-57(4,5)6)28-54-21-23-58(7,8)9/h10,16-17,24-26,31-32,37H,1,11-15,18-23,27-28,44H2,2-9H3/b30-26+/t31-,32+,37?. The van der Waals surface area contributed by atoms with Gasteiger partial charge in [-0.05, 0) is 66.7 Å². The number of alkyl halides is 1. The minimum absolute atomic E-state index is 0.00479. The summed E-state index contributed by atoms with van der Waals surface area (Å²) in [6.07, 6.45) is 7.65. The molecule has 1 saturated carbocycles. The minimum atomic E-state index is -1.64. The number of nitrogens with two attached hydrogens (primary N) is 1. The van der Waals surface area contributed by atoms with Crippen molar-refractivity contribution >= 4 is 61.1 Å². The predicted molar refractivity (Wildman–Crippen MR) is 236 cm³/mol. The van der Waals surface area contributed by atoms with Gasteiger partial charge in [0.2, 0.25) is 0 Å². The molecule has 1 atom stereocenters. The van der Waals surface area contributed by atoms with E-state index in [4.69, 9.17) is 39.9 Å². The zero-order chi connectivity index (χ0) is 42.6. The van der Waals surface area contributed by atoms with E-state index in [1.807, 2.05) is 16.6 Å². The highest BCUT2D eigenvalue weighted by atomic mass is 79.9. The smallest absolute Gasteiger partial charge is 0.341 e. The van der Waals surface area contributed by atoms with Crippen LogP contribution < -0.4 is 10.7 Å². The molecular weight excluding hydrogens is 842 g/mol. The second kappa shape index (κ2) is 21.7. The highest BCUT2D eigenvalue weighted by Gasteiger charge is 2.36. The molecule has 13 nitrogen and oxygen atoms in total. The monoisotopic (exact) mass is 903 g/mol. The summed E-state index contributed by atoms with van der Waals surface area (Å²) in [5, 5.41) is 6.32. The van der Waals surface area contributed by atoms with Crippen LogP contribution in [0, 0.1) is 5.92 Å². The fourth-order valence-electron chi connectivity index (χ4n) is 6.57. The van der Waals surface area contributed by atoms with E-state index in [0.717, 1.165) is 39.2 Å². The number of hydrazine groups is 1. The van der Waals surface area contributed by atoms with Crippen molar-refractivity contribution in [2.24, 2.45) is 11.8 Å². The van der Waals surface area contributed by atoms with Crippen molar-refractivity contribution in [2.75, 3.05) is 51.3 Å². The normalized spacial score (nSPS) is 16.9. The summed E-state index contributed by atoms with van der Waals surface area (Å²) in [5.41, 5.74) is 4.39. The zero-order valence-electron chi connectivity index (χ0n) is 35.6. The number of hydrogen-bond donors (Lipinski definition) is 1. The Morgan fingerprint density at radius 3 is 2.19 bits per heavy atom. The third kappa shape index (κ3) is 13.8. The number of esters is 2. The number of halogens is 2. The van der Waals surface area contributed by atoms with Crippen LogP contribution in [0.2, 0.25) is 51.4 Å². The predicted octanol–water partition coefficient (Wildman–Crippen LogP) is 8.43. The Hall–Kier alpha value is -3.49. The molecule has 2 N–H and O–H groups in total. The lowest BCUT2D eigenvalue weighted by Gasteiger charge is -2.32. The largest absolute Gasteiger partial charge is 0.464 e. The highest BCUT2D eigenvalue weighted by Crippen LogP contribution is 2.43. The van der Waals surface area contributed by atoms with Gasteiger partial charge in [0.25, 0.3) is 0 Å². The number of aromatic nitrogens is 4. The van der Waals surface area contributed by atoms with E-state index in [-0.39, 0.29) is 38.6 Å². The van der Waals surface area contributed by atoms with Crippen LogP contribution in [0.25, 0.3) is 22.3 Å². The summed E-state index contributed by atoms with van der Waals surface area (Å²) in [4.78, 5) is 35.6. The average Bonchev–Trinajstić information content (AvgIpc) is 3.59. The molecule has 1 fully saturated rings. The van der Waals surface area contributed by atoms with Gasteiger partial charge < -0.3 is 28.9 Å². The first kappa shape index (κ1) is 47.2. The topological polar surface area (TPSA) is 147 Å². The zero-order valence-corrected chi connectivity index (χ0v) is 39.1. The molecule has 3 heterocycles. The van der Waals surface area contributed by atoms with E-state index in [2.05, 4.69) is 66.7 Å². The van der Waals surface area contributed by atoms with Crippen molar-refractivity contribution in [2.45, 2.75) is 103 Å². The third-order valence-electron chi connectivity index (χ3n) is 10.0. The fourth-order valence-corrected chi connectivity index (χ4v) is 8.92. The quantitative estimate of drug-likeness (QED) is 0.0196. The Labute approximate surface area is 353 Å². The van der Waals surface area contributed by atoms with E-state index >= 15 is 4.39 Å². The number of nitrogens with zero attached hydrogens (tertiary/aromatic N) is 6. The number of anilines is 1. The van der Waals surface area contributed by atoms with Crippen molar-refractivity contribution in [3.05, 3.63) is 59.2 Å². The van der Waals surface area contributed by atoms with Gasteiger partial charge in [0, 0.05) is 77.2 Å². The lowest BCUT2D eigenvalue weighted by atomic mass is 9.78. The number of pyridine rings is 1. The molecule has 1 aliphatic carbocycles. The summed E-state index contributed by atoms with van der Waals surface area (Å²) < 4.78 is 40.5. The lowest BCUT2D eigenvalue weighted by molar-refractivity contribution is -0.151. The van der Waals surface area contributed by atoms with E-state index in [1.54, 1.807) is 31.6 Å². The fraction of sp³-hybridized carbons (Fsp3) is 0.585. The van der Waals surface area contributed by atoms with Crippen LogP contribution >= 0.6 is 15.9 Å². The van der Waals surface area contributed by atoms with Crippen LogP contribution in [0.1, 0.15) is 56.8 Å². The van der Waals surface area contributed by atoms with Crippen molar-refractivity contribution in [1.29, 1.82) is 0 Å². The molecule has 0 radical (unpaired) electrons. The molecular formula is C41H63BrFN7O6Si2. The van der Waals surface area contributed by atoms with Gasteiger partial charge in [0.05, 0.1) is 35.2 Å². The molecule has 0 aliphatic heterocycles. The lowest BCUT2D eigenvalue weighted by Crippen LogP contribution is -2.34. The SMILES string of the molecule is C=C/C(=C\N(N)CCOC(C)=O)c1ccc(-c2cnn3c(N(COCC[Si](C)(C)C)COCC[Si](C)(C)C)c(Br)c([C@H]4CC[C@@H](C(F)C(=O)OCC)CC4)nc23)cn1. The molecule has 3 aromatic heterocycles. The maximum atomic E-state index is 15.2. The molecule has 0 spiro atoms. The highest BCUT2D eigenvalue weighted by molar-refractivity contribution is 9.10. The van der Waals surface area contributed by atoms with Crippen molar-refractivity contribution in [1.82, 2.24) is 24.6 Å². The van der Waals surface area contributed by atoms with Gasteiger partial charge in [-0.3, -0.25) is 9.78 Å². The maximum absolute atomic E-state index is 15.2. The summed E-state index contributed by atoms with van der Waals surface area (Å²) >= 11 is 3.97. The number of rotatable bonds is 22. The van der Waals surface area contributed by atoms with Gasteiger partial charge in [-0.2, -0.15) is 9.61 Å². The molecule has 1 unspecified atom stereocenters. The number of carbonyl (C=O) groups is 2. The molecule has 1 aliphatic rings. The van der Waals surface area contributed by atoms with Gasteiger partial charge in [-0.1, -0.05) is 58.0 Å². The van der Waals surface area contributed by atoms with E-state index in [0.29, 0.717) is 62.4 Å². The molecule has 320 valence electrons. The van der Waals surface area contributed by atoms with Crippen molar-refractivity contribution in [3.63, 3.8) is 0 Å². The Balaban J connectivity index is 1.75. The van der Waals surface area contributed by atoms with Crippen molar-refractivity contribution in [3.8, 4) is 11.1 Å². The molecule has 0 saturated heterocycles. The molecule has 4 rings (SSSR count). The maximum Gasteiger partial charge on any atom is 0.341 e. The average molecular weight is 905 g/mol. The summed E-state index contributed by atoms with van der Waals surface area (Å²) in [6.45, 7) is 23.4. The van der Waals surface area contributed by atoms with Crippen LogP contribution in [0.3, 0.4) is 0 Å². The van der Waals surface area contributed by atoms with Gasteiger partial charge in [-0.25, -0.2) is 20.0 Å². The van der Waals surface area contributed by atoms with Crippen molar-refractivity contribution < 1.29 is 32.9 Å². The van der Waals surface area contributed by atoms with Crippen LogP contribution in [0.5, 0.6) is 0 Å². The van der Waals surface area contributed by atoms with Crippen LogP contribution in [0.15, 0.2) is 47.9 Å². The molecule has 58 heavy (non-hydrogen) atoms. The van der Waals surface area contributed by atoms with Crippen LogP contribution in [-0.2, 0) is 28.5 Å². The summed E-state index contributed by atoms with van der Waals surface area (Å²) in [6, 6.07) is 5.89. The summed E-state index contributed by atoms with van der Waals surface area (Å²) in [7, 11) is -2.68. The molecule has 3 aromatic rings. The number of allylic oxidation sites excluding steroid dienone is 2. The summed E-state index contributed by atoms with van der Waals surface area (Å²) in [5.74, 6) is 5.33. The Kier molecular flexibility index (Phi) is 17.6. The number of ether oxygens (including phenoxy) is 4. The molecule has 17 heteroatoms. The van der Waals surface area contributed by atoms with E-state index in [1.165, 1.54) is 11.9 Å². The van der Waals surface area contributed by atoms with Gasteiger partial charge in [0.1, 0.15) is 20.1 Å². The molecule has 0 amide bonds. The van der Waals surface area contributed by atoms with Gasteiger partial charge >= 0.3 is 11.9 Å². The molecule has 0 bridgehead atoms. The van der Waals surface area contributed by atoms with E-state index < -0.39 is 34.2 Å². The third-order valence-corrected chi connectivity index (χ3v) is 14.2. The first-order valence-electron chi connectivity index (χ1n) is 20.2. The Bertz CT molecular complexity index is 1840. The van der Waals surface area contributed by atoms with E-state index in [9.17, 15) is 9.59 Å². The number of carbonyl (C=O) groups excluding carboxylic acids is 2. The first-order valence-corrected chi connectivity index (χ1v) is 28.4. The Morgan fingerprint density at radius 2 is 1.66 bits per heavy atom. The second-order valence-electron chi connectivity index (χ2n) is 17.2.